The molecule has 0 saturated heterocycles. The number of aliphatic carboxylic acids is 1. The number of carboxylic acids is 1. The van der Waals surface area contributed by atoms with Gasteiger partial charge in [0.25, 0.3) is 0 Å². The minimum Gasteiger partial charge on any atom is -0.481 e. The van der Waals surface area contributed by atoms with Gasteiger partial charge in [-0.15, -0.1) is 0 Å². The molecule has 2 aromatic rings. The smallest absolute Gasteiger partial charge is 0.433 e. The van der Waals surface area contributed by atoms with Gasteiger partial charge in [-0.25, -0.2) is 4.98 Å². The van der Waals surface area contributed by atoms with Gasteiger partial charge in [0.05, 0.1) is 12.1 Å². The zero-order valence-corrected chi connectivity index (χ0v) is 10.2. The number of nitrogens with zero attached hydrogens (tertiary/aromatic N) is 1. The molecule has 1 aromatic heterocycles. The summed E-state index contributed by atoms with van der Waals surface area (Å²) in [7, 11) is 0. The maximum absolute atomic E-state index is 12.8. The van der Waals surface area contributed by atoms with Crippen LogP contribution in [-0.4, -0.2) is 16.1 Å². The average Bonchev–Trinajstić information content (AvgIpc) is 2.37. The third-order valence-corrected chi connectivity index (χ3v) is 2.61. The summed E-state index contributed by atoms with van der Waals surface area (Å²) in [6.07, 6.45) is -5.16. The number of rotatable bonds is 3. The van der Waals surface area contributed by atoms with E-state index >= 15 is 0 Å². The Labute approximate surface area is 112 Å². The lowest BCUT2D eigenvalue weighted by Crippen LogP contribution is -2.12. The molecule has 104 valence electrons. The Kier molecular flexibility index (Phi) is 3.74. The second-order valence-corrected chi connectivity index (χ2v) is 4.17. The van der Waals surface area contributed by atoms with Crippen molar-refractivity contribution >= 4 is 5.97 Å². The van der Waals surface area contributed by atoms with Crippen molar-refractivity contribution in [3.8, 4) is 11.1 Å². The lowest BCUT2D eigenvalue weighted by molar-refractivity contribution is -0.142. The van der Waals surface area contributed by atoms with Crippen molar-refractivity contribution in [3.63, 3.8) is 0 Å². The van der Waals surface area contributed by atoms with Crippen LogP contribution in [0.2, 0.25) is 0 Å². The molecule has 1 heterocycles. The van der Waals surface area contributed by atoms with Crippen molar-refractivity contribution in [2.24, 2.45) is 0 Å². The first-order valence-corrected chi connectivity index (χ1v) is 5.71. The molecule has 0 fully saturated rings. The first kappa shape index (κ1) is 14.0. The van der Waals surface area contributed by atoms with Crippen LogP contribution in [0, 0.1) is 0 Å². The molecule has 3 nitrogen and oxygen atoms in total. The van der Waals surface area contributed by atoms with Crippen molar-refractivity contribution in [3.05, 3.63) is 53.9 Å². The summed E-state index contributed by atoms with van der Waals surface area (Å²) in [5.74, 6) is -1.23. The highest BCUT2D eigenvalue weighted by atomic mass is 19.4. The SMILES string of the molecule is O=C(O)Cc1cc(-c2ccccc2)cc(C(F)(F)F)n1. The fraction of sp³-hybridized carbons (Fsp3) is 0.143. The van der Waals surface area contributed by atoms with E-state index in [1.54, 1.807) is 30.3 Å². The van der Waals surface area contributed by atoms with Crippen molar-refractivity contribution in [2.75, 3.05) is 0 Å². The van der Waals surface area contributed by atoms with Gasteiger partial charge in [-0.1, -0.05) is 30.3 Å². The van der Waals surface area contributed by atoms with E-state index in [-0.39, 0.29) is 5.69 Å². The van der Waals surface area contributed by atoms with E-state index < -0.39 is 24.3 Å². The van der Waals surface area contributed by atoms with Gasteiger partial charge in [-0.2, -0.15) is 13.2 Å². The molecule has 0 bridgehead atoms. The predicted molar refractivity (Wildman–Crippen MR) is 66.0 cm³/mol. The number of aromatic nitrogens is 1. The first-order chi connectivity index (χ1) is 9.36. The predicted octanol–water partition coefficient (Wildman–Crippen LogP) is 3.39. The Balaban J connectivity index is 2.54. The fourth-order valence-electron chi connectivity index (χ4n) is 1.78. The van der Waals surface area contributed by atoms with Crippen LogP contribution >= 0.6 is 0 Å². The Morgan fingerprint density at radius 2 is 1.75 bits per heavy atom. The minimum absolute atomic E-state index is 0.119. The molecule has 1 aromatic carbocycles. The van der Waals surface area contributed by atoms with E-state index in [0.29, 0.717) is 11.1 Å². The van der Waals surface area contributed by atoms with E-state index in [1.165, 1.54) is 6.07 Å². The molecular formula is C14H10F3NO2. The number of benzene rings is 1. The quantitative estimate of drug-likeness (QED) is 0.938. The fourth-order valence-corrected chi connectivity index (χ4v) is 1.78. The van der Waals surface area contributed by atoms with Gasteiger partial charge < -0.3 is 5.11 Å². The molecule has 0 aliphatic heterocycles. The molecule has 20 heavy (non-hydrogen) atoms. The molecule has 0 spiro atoms. The molecule has 0 unspecified atom stereocenters. The van der Waals surface area contributed by atoms with Crippen LogP contribution in [0.1, 0.15) is 11.4 Å². The highest BCUT2D eigenvalue weighted by Gasteiger charge is 2.33. The zero-order chi connectivity index (χ0) is 14.8. The van der Waals surface area contributed by atoms with Gasteiger partial charge in [0, 0.05) is 0 Å². The van der Waals surface area contributed by atoms with Crippen molar-refractivity contribution in [2.45, 2.75) is 12.6 Å². The van der Waals surface area contributed by atoms with E-state index in [4.69, 9.17) is 5.11 Å². The molecule has 6 heteroatoms. The molecule has 0 saturated carbocycles. The summed E-state index contributed by atoms with van der Waals surface area (Å²) in [6, 6.07) is 10.7. The van der Waals surface area contributed by atoms with Crippen LogP contribution in [0.5, 0.6) is 0 Å². The maximum Gasteiger partial charge on any atom is 0.433 e. The molecule has 0 atom stereocenters. The van der Waals surface area contributed by atoms with Gasteiger partial charge in [0.15, 0.2) is 0 Å². The number of alkyl halides is 3. The molecule has 0 radical (unpaired) electrons. The standard InChI is InChI=1S/C14H10F3NO2/c15-14(16,17)12-7-10(9-4-2-1-3-5-9)6-11(18-12)8-13(19)20/h1-7H,8H2,(H,19,20). The Morgan fingerprint density at radius 1 is 1.10 bits per heavy atom. The third-order valence-electron chi connectivity index (χ3n) is 2.61. The summed E-state index contributed by atoms with van der Waals surface area (Å²) in [5, 5.41) is 8.70. The van der Waals surface area contributed by atoms with Crippen LogP contribution in [0.15, 0.2) is 42.5 Å². The van der Waals surface area contributed by atoms with Crippen LogP contribution in [-0.2, 0) is 17.4 Å². The maximum atomic E-state index is 12.8. The van der Waals surface area contributed by atoms with Gasteiger partial charge in [0.1, 0.15) is 5.69 Å². The van der Waals surface area contributed by atoms with Crippen LogP contribution in [0.25, 0.3) is 11.1 Å². The minimum atomic E-state index is -4.61. The summed E-state index contributed by atoms with van der Waals surface area (Å²) in [4.78, 5) is 14.0. The number of halogens is 3. The number of carbonyl (C=O) groups is 1. The van der Waals surface area contributed by atoms with E-state index in [1.807, 2.05) is 0 Å². The second kappa shape index (κ2) is 5.32. The zero-order valence-electron chi connectivity index (χ0n) is 10.2. The molecule has 2 rings (SSSR count). The van der Waals surface area contributed by atoms with Gasteiger partial charge in [0.2, 0.25) is 0 Å². The normalized spacial score (nSPS) is 11.3. The van der Waals surface area contributed by atoms with Crippen molar-refractivity contribution in [1.82, 2.24) is 4.98 Å². The topological polar surface area (TPSA) is 50.2 Å². The molecule has 0 amide bonds. The van der Waals surface area contributed by atoms with E-state index in [0.717, 1.165) is 6.07 Å². The summed E-state index contributed by atoms with van der Waals surface area (Å²) in [6.45, 7) is 0. The van der Waals surface area contributed by atoms with Gasteiger partial charge in [-0.3, -0.25) is 4.79 Å². The Hall–Kier alpha value is -2.37. The van der Waals surface area contributed by atoms with E-state index in [9.17, 15) is 18.0 Å². The third kappa shape index (κ3) is 3.34. The summed E-state index contributed by atoms with van der Waals surface area (Å²) in [5.41, 5.74) is -0.336. The molecule has 1 N–H and O–H groups in total. The van der Waals surface area contributed by atoms with Crippen molar-refractivity contribution in [1.29, 1.82) is 0 Å². The summed E-state index contributed by atoms with van der Waals surface area (Å²) >= 11 is 0. The van der Waals surface area contributed by atoms with Crippen LogP contribution in [0.3, 0.4) is 0 Å². The van der Waals surface area contributed by atoms with Crippen LogP contribution in [0.4, 0.5) is 13.2 Å². The van der Waals surface area contributed by atoms with Gasteiger partial charge in [-0.05, 0) is 23.3 Å². The number of pyridine rings is 1. The number of carboxylic acid groups (broad SMARTS) is 1. The number of hydrogen-bond donors (Lipinski definition) is 1. The first-order valence-electron chi connectivity index (χ1n) is 5.71. The monoisotopic (exact) mass is 281 g/mol. The van der Waals surface area contributed by atoms with Crippen molar-refractivity contribution < 1.29 is 23.1 Å². The molecule has 0 aliphatic rings. The largest absolute Gasteiger partial charge is 0.481 e. The van der Waals surface area contributed by atoms with Gasteiger partial charge >= 0.3 is 12.1 Å². The summed E-state index contributed by atoms with van der Waals surface area (Å²) < 4.78 is 38.4. The molecular weight excluding hydrogens is 271 g/mol. The lowest BCUT2D eigenvalue weighted by atomic mass is 10.0. The number of hydrogen-bond acceptors (Lipinski definition) is 2. The van der Waals surface area contributed by atoms with E-state index in [2.05, 4.69) is 4.98 Å². The van der Waals surface area contributed by atoms with Crippen LogP contribution < -0.4 is 0 Å². The second-order valence-electron chi connectivity index (χ2n) is 4.17. The highest BCUT2D eigenvalue weighted by molar-refractivity contribution is 5.71. The Morgan fingerprint density at radius 3 is 2.30 bits per heavy atom. The Bertz CT molecular complexity index is 624. The average molecular weight is 281 g/mol. The lowest BCUT2D eigenvalue weighted by Gasteiger charge is -2.10. The highest BCUT2D eigenvalue weighted by Crippen LogP contribution is 2.31. The molecule has 0 aliphatic carbocycles.